The van der Waals surface area contributed by atoms with Crippen molar-refractivity contribution in [3.8, 4) is 0 Å². The molecule has 1 N–H and O–H groups in total. The highest BCUT2D eigenvalue weighted by molar-refractivity contribution is 7.17. The minimum atomic E-state index is 0.140. The van der Waals surface area contributed by atoms with E-state index in [0.29, 0.717) is 6.04 Å². The Labute approximate surface area is 128 Å². The third-order valence-corrected chi connectivity index (χ3v) is 5.76. The van der Waals surface area contributed by atoms with Gasteiger partial charge in [0.2, 0.25) is 0 Å². The summed E-state index contributed by atoms with van der Waals surface area (Å²) < 4.78 is 1.33. The zero-order chi connectivity index (χ0) is 14.2. The van der Waals surface area contributed by atoms with Gasteiger partial charge in [0.25, 0.3) is 0 Å². The Balaban J connectivity index is 1.34. The van der Waals surface area contributed by atoms with Gasteiger partial charge in [0, 0.05) is 23.8 Å². The van der Waals surface area contributed by atoms with E-state index in [1.54, 1.807) is 11.3 Å². The van der Waals surface area contributed by atoms with Gasteiger partial charge in [-0.25, -0.2) is 4.79 Å². The van der Waals surface area contributed by atoms with Crippen molar-refractivity contribution in [3.63, 3.8) is 0 Å². The average molecular weight is 300 g/mol. The highest BCUT2D eigenvalue weighted by Gasteiger charge is 2.45. The number of hydrogen-bond donors (Lipinski definition) is 1. The molecule has 0 spiro atoms. The summed E-state index contributed by atoms with van der Waals surface area (Å²) in [6.45, 7) is 1.67. The number of amides is 2. The van der Waals surface area contributed by atoms with Crippen molar-refractivity contribution < 1.29 is 4.79 Å². The minimum absolute atomic E-state index is 0.140. The van der Waals surface area contributed by atoms with Gasteiger partial charge in [-0.05, 0) is 54.0 Å². The summed E-state index contributed by atoms with van der Waals surface area (Å²) in [6.07, 6.45) is 4.62. The number of urea groups is 1. The Bertz CT molecular complexity index is 666. The number of rotatable bonds is 3. The van der Waals surface area contributed by atoms with Gasteiger partial charge in [-0.2, -0.15) is 0 Å². The van der Waals surface area contributed by atoms with E-state index in [4.69, 9.17) is 0 Å². The zero-order valence-electron chi connectivity index (χ0n) is 12.0. The predicted octanol–water partition coefficient (Wildman–Crippen LogP) is 3.64. The van der Waals surface area contributed by atoms with Crippen molar-refractivity contribution in [2.45, 2.75) is 31.7 Å². The molecular formula is C17H20N2OS. The summed E-state index contributed by atoms with van der Waals surface area (Å²) in [5.74, 6) is 0.797. The van der Waals surface area contributed by atoms with E-state index in [-0.39, 0.29) is 6.03 Å². The second kappa shape index (κ2) is 5.34. The molecule has 21 heavy (non-hydrogen) atoms. The number of fused-ring (bicyclic) bond motifs is 2. The molecule has 2 unspecified atom stereocenters. The Morgan fingerprint density at radius 2 is 2.29 bits per heavy atom. The van der Waals surface area contributed by atoms with E-state index >= 15 is 0 Å². The van der Waals surface area contributed by atoms with Crippen molar-refractivity contribution in [1.29, 1.82) is 0 Å². The van der Waals surface area contributed by atoms with Gasteiger partial charge in [-0.1, -0.05) is 18.2 Å². The van der Waals surface area contributed by atoms with E-state index < -0.39 is 0 Å². The fraction of sp³-hybridized carbons (Fsp3) is 0.471. The van der Waals surface area contributed by atoms with Crippen molar-refractivity contribution >= 4 is 27.5 Å². The van der Waals surface area contributed by atoms with Crippen LogP contribution < -0.4 is 5.32 Å². The van der Waals surface area contributed by atoms with Crippen LogP contribution in [0.2, 0.25) is 0 Å². The second-order valence-electron chi connectivity index (χ2n) is 6.14. The van der Waals surface area contributed by atoms with Gasteiger partial charge in [0.15, 0.2) is 0 Å². The van der Waals surface area contributed by atoms with Gasteiger partial charge in [-0.15, -0.1) is 11.3 Å². The molecule has 1 aromatic heterocycles. The SMILES string of the molecule is O=C(NCCc1csc2ccccc12)N1CCCC2CC21. The first-order chi connectivity index (χ1) is 10.3. The lowest BCUT2D eigenvalue weighted by atomic mass is 10.1. The molecular weight excluding hydrogens is 280 g/mol. The van der Waals surface area contributed by atoms with Gasteiger partial charge in [0.05, 0.1) is 0 Å². The Kier molecular flexibility index (Phi) is 3.34. The lowest BCUT2D eigenvalue weighted by Gasteiger charge is -2.26. The molecule has 0 radical (unpaired) electrons. The third kappa shape index (κ3) is 2.53. The van der Waals surface area contributed by atoms with Gasteiger partial charge < -0.3 is 10.2 Å². The van der Waals surface area contributed by atoms with Crippen molar-refractivity contribution in [3.05, 3.63) is 35.2 Å². The number of benzene rings is 1. The molecule has 4 heteroatoms. The zero-order valence-corrected chi connectivity index (χ0v) is 12.9. The molecule has 3 nitrogen and oxygen atoms in total. The van der Waals surface area contributed by atoms with Crippen LogP contribution in [-0.4, -0.2) is 30.1 Å². The van der Waals surface area contributed by atoms with E-state index in [0.717, 1.165) is 25.4 Å². The summed E-state index contributed by atoms with van der Waals surface area (Å²) in [5, 5.41) is 6.65. The quantitative estimate of drug-likeness (QED) is 0.922. The van der Waals surface area contributed by atoms with E-state index in [1.165, 1.54) is 34.9 Å². The van der Waals surface area contributed by atoms with Crippen molar-refractivity contribution in [2.24, 2.45) is 5.92 Å². The summed E-state index contributed by atoms with van der Waals surface area (Å²) in [7, 11) is 0. The smallest absolute Gasteiger partial charge is 0.317 e. The topological polar surface area (TPSA) is 32.3 Å². The summed E-state index contributed by atoms with van der Waals surface area (Å²) >= 11 is 1.78. The first-order valence-electron chi connectivity index (χ1n) is 7.82. The van der Waals surface area contributed by atoms with Crippen LogP contribution in [-0.2, 0) is 6.42 Å². The van der Waals surface area contributed by atoms with Crippen LogP contribution in [0, 0.1) is 5.92 Å². The Morgan fingerprint density at radius 3 is 3.24 bits per heavy atom. The maximum absolute atomic E-state index is 12.2. The summed E-state index contributed by atoms with van der Waals surface area (Å²) in [6, 6.07) is 9.17. The highest BCUT2D eigenvalue weighted by atomic mass is 32.1. The normalized spacial score (nSPS) is 23.9. The van der Waals surface area contributed by atoms with Crippen molar-refractivity contribution in [1.82, 2.24) is 10.2 Å². The van der Waals surface area contributed by atoms with Crippen LogP contribution in [0.25, 0.3) is 10.1 Å². The molecule has 1 saturated carbocycles. The molecule has 2 fully saturated rings. The number of nitrogens with zero attached hydrogens (tertiary/aromatic N) is 1. The van der Waals surface area contributed by atoms with Gasteiger partial charge >= 0.3 is 6.03 Å². The molecule has 2 heterocycles. The number of nitrogens with one attached hydrogen (secondary N) is 1. The maximum atomic E-state index is 12.2. The molecule has 110 valence electrons. The third-order valence-electron chi connectivity index (χ3n) is 4.75. The number of thiophene rings is 1. The fourth-order valence-electron chi connectivity index (χ4n) is 3.50. The maximum Gasteiger partial charge on any atom is 0.317 e. The predicted molar refractivity (Wildman–Crippen MR) is 86.8 cm³/mol. The van der Waals surface area contributed by atoms with Crippen LogP contribution in [0.3, 0.4) is 0 Å². The monoisotopic (exact) mass is 300 g/mol. The van der Waals surface area contributed by atoms with Crippen LogP contribution >= 0.6 is 11.3 Å². The van der Waals surface area contributed by atoms with Crippen LogP contribution in [0.5, 0.6) is 0 Å². The first-order valence-corrected chi connectivity index (χ1v) is 8.70. The van der Waals surface area contributed by atoms with E-state index in [2.05, 4.69) is 39.9 Å². The Hall–Kier alpha value is -1.55. The largest absolute Gasteiger partial charge is 0.338 e. The number of likely N-dealkylation sites (tertiary alicyclic amines) is 1. The van der Waals surface area contributed by atoms with Gasteiger partial charge in [-0.3, -0.25) is 0 Å². The van der Waals surface area contributed by atoms with Crippen LogP contribution in [0.15, 0.2) is 29.6 Å². The lowest BCUT2D eigenvalue weighted by molar-refractivity contribution is 0.182. The fourth-order valence-corrected chi connectivity index (χ4v) is 4.49. The minimum Gasteiger partial charge on any atom is -0.338 e. The van der Waals surface area contributed by atoms with Crippen molar-refractivity contribution in [2.75, 3.05) is 13.1 Å². The average Bonchev–Trinajstić information content (AvgIpc) is 3.21. The van der Waals surface area contributed by atoms with E-state index in [9.17, 15) is 4.79 Å². The first kappa shape index (κ1) is 13.1. The molecule has 2 aliphatic rings. The van der Waals surface area contributed by atoms with Crippen LogP contribution in [0.4, 0.5) is 4.79 Å². The molecule has 4 rings (SSSR count). The number of piperidine rings is 1. The summed E-state index contributed by atoms with van der Waals surface area (Å²) in [5.41, 5.74) is 1.35. The van der Waals surface area contributed by atoms with E-state index in [1.807, 2.05) is 0 Å². The molecule has 2 amide bonds. The lowest BCUT2D eigenvalue weighted by Crippen LogP contribution is -2.44. The number of carbonyl (C=O) groups excluding carboxylic acids is 1. The molecule has 1 aromatic carbocycles. The Morgan fingerprint density at radius 1 is 1.38 bits per heavy atom. The second-order valence-corrected chi connectivity index (χ2v) is 7.05. The number of hydrogen-bond acceptors (Lipinski definition) is 2. The van der Waals surface area contributed by atoms with Gasteiger partial charge in [0.1, 0.15) is 0 Å². The van der Waals surface area contributed by atoms with Crippen LogP contribution in [0.1, 0.15) is 24.8 Å². The molecule has 0 bridgehead atoms. The number of carbonyl (C=O) groups is 1. The molecule has 1 saturated heterocycles. The standard InChI is InChI=1S/C17H20N2OS/c20-17(19-9-3-4-12-10-15(12)19)18-8-7-13-11-21-16-6-2-1-5-14(13)16/h1-2,5-6,11-12,15H,3-4,7-10H2,(H,18,20). The molecule has 2 atom stereocenters. The summed E-state index contributed by atoms with van der Waals surface area (Å²) in [4.78, 5) is 14.3. The highest BCUT2D eigenvalue weighted by Crippen LogP contribution is 2.42. The molecule has 1 aliphatic heterocycles. The molecule has 2 aromatic rings. The molecule has 1 aliphatic carbocycles.